The first-order valence-corrected chi connectivity index (χ1v) is 7.25. The topological polar surface area (TPSA) is 61.5 Å². The van der Waals surface area contributed by atoms with Crippen molar-refractivity contribution in [1.82, 2.24) is 0 Å². The summed E-state index contributed by atoms with van der Waals surface area (Å²) in [5.41, 5.74) is 7.87. The van der Waals surface area contributed by atoms with E-state index in [-0.39, 0.29) is 0 Å². The molecule has 0 amide bonds. The van der Waals surface area contributed by atoms with E-state index in [0.717, 1.165) is 16.3 Å². The Balaban J connectivity index is 1.99. The monoisotopic (exact) mass is 307 g/mol. The highest BCUT2D eigenvalue weighted by molar-refractivity contribution is 5.99. The zero-order valence-corrected chi connectivity index (χ0v) is 12.8. The van der Waals surface area contributed by atoms with E-state index >= 15 is 0 Å². The second-order valence-corrected chi connectivity index (χ2v) is 5.22. The van der Waals surface area contributed by atoms with Gasteiger partial charge in [-0.1, -0.05) is 36.4 Å². The molecule has 0 saturated carbocycles. The molecule has 3 aromatic carbocycles. The number of rotatable bonds is 4. The van der Waals surface area contributed by atoms with Crippen LogP contribution >= 0.6 is 0 Å². The van der Waals surface area contributed by atoms with Gasteiger partial charge in [0.05, 0.1) is 7.11 Å². The first-order valence-electron chi connectivity index (χ1n) is 7.25. The summed E-state index contributed by atoms with van der Waals surface area (Å²) in [6.45, 7) is 0.380. The lowest BCUT2D eigenvalue weighted by atomic mass is 10.0. The molecule has 0 unspecified atom stereocenters. The van der Waals surface area contributed by atoms with Gasteiger partial charge in [0.2, 0.25) is 0 Å². The first kappa shape index (κ1) is 14.9. The predicted molar refractivity (Wildman–Crippen MR) is 90.5 cm³/mol. The van der Waals surface area contributed by atoms with E-state index in [9.17, 15) is 4.79 Å². The molecule has 0 aliphatic rings. The van der Waals surface area contributed by atoms with Crippen molar-refractivity contribution in [2.45, 2.75) is 6.61 Å². The van der Waals surface area contributed by atoms with E-state index < -0.39 is 5.97 Å². The minimum absolute atomic E-state index is 0.380. The Bertz CT molecular complexity index is 844. The van der Waals surface area contributed by atoms with Crippen LogP contribution < -0.4 is 10.5 Å². The van der Waals surface area contributed by atoms with Gasteiger partial charge in [-0.15, -0.1) is 0 Å². The van der Waals surface area contributed by atoms with Gasteiger partial charge in [-0.3, -0.25) is 0 Å². The summed E-state index contributed by atoms with van der Waals surface area (Å²) in [5.74, 6) is 0.0651. The highest BCUT2D eigenvalue weighted by atomic mass is 16.5. The fourth-order valence-electron chi connectivity index (χ4n) is 2.42. The van der Waals surface area contributed by atoms with Gasteiger partial charge in [-0.25, -0.2) is 4.79 Å². The van der Waals surface area contributed by atoms with Crippen LogP contribution in [0.4, 0.5) is 5.69 Å². The molecule has 116 valence electrons. The van der Waals surface area contributed by atoms with Gasteiger partial charge >= 0.3 is 5.97 Å². The van der Waals surface area contributed by atoms with Crippen LogP contribution in [-0.4, -0.2) is 13.1 Å². The molecule has 2 N–H and O–H groups in total. The molecule has 0 aromatic heterocycles. The number of carbonyl (C=O) groups excluding carboxylic acids is 1. The van der Waals surface area contributed by atoms with Gasteiger partial charge in [0.15, 0.2) is 0 Å². The largest absolute Gasteiger partial charge is 0.488 e. The van der Waals surface area contributed by atoms with Crippen LogP contribution in [0.3, 0.4) is 0 Å². The van der Waals surface area contributed by atoms with E-state index in [2.05, 4.69) is 0 Å². The van der Waals surface area contributed by atoms with Crippen LogP contribution in [0.5, 0.6) is 5.75 Å². The summed E-state index contributed by atoms with van der Waals surface area (Å²) < 4.78 is 10.7. The fourth-order valence-corrected chi connectivity index (χ4v) is 2.42. The van der Waals surface area contributed by atoms with E-state index in [4.69, 9.17) is 15.2 Å². The minimum atomic E-state index is -0.433. The zero-order chi connectivity index (χ0) is 16.2. The first-order chi connectivity index (χ1) is 11.2. The second kappa shape index (κ2) is 6.40. The number of nitrogens with two attached hydrogens (primary N) is 1. The Labute approximate surface area is 134 Å². The van der Waals surface area contributed by atoms with Gasteiger partial charge in [-0.05, 0) is 40.6 Å². The number of hydrogen-bond acceptors (Lipinski definition) is 4. The normalized spacial score (nSPS) is 10.5. The van der Waals surface area contributed by atoms with Crippen LogP contribution in [0, 0.1) is 0 Å². The third-order valence-corrected chi connectivity index (χ3v) is 3.61. The summed E-state index contributed by atoms with van der Waals surface area (Å²) in [6, 6.07) is 18.9. The highest BCUT2D eigenvalue weighted by Crippen LogP contribution is 2.28. The number of nitrogen functional groups attached to an aromatic ring is 1. The number of methoxy groups -OCH3 is 1. The SMILES string of the molecule is COC(=O)c1cc2cc(N)ccc2cc1OCc1ccccc1. The van der Waals surface area contributed by atoms with E-state index in [1.807, 2.05) is 54.6 Å². The third kappa shape index (κ3) is 3.26. The van der Waals surface area contributed by atoms with Crippen LogP contribution in [-0.2, 0) is 11.3 Å². The molecule has 4 heteroatoms. The molecule has 0 bridgehead atoms. The summed E-state index contributed by atoms with van der Waals surface area (Å²) in [6.07, 6.45) is 0. The molecular weight excluding hydrogens is 290 g/mol. The maximum Gasteiger partial charge on any atom is 0.341 e. The molecule has 3 rings (SSSR count). The zero-order valence-electron chi connectivity index (χ0n) is 12.8. The van der Waals surface area contributed by atoms with Crippen LogP contribution in [0.15, 0.2) is 60.7 Å². The third-order valence-electron chi connectivity index (χ3n) is 3.61. The lowest BCUT2D eigenvalue weighted by Crippen LogP contribution is -2.06. The molecule has 0 aliphatic heterocycles. The average Bonchev–Trinajstić information content (AvgIpc) is 2.59. The lowest BCUT2D eigenvalue weighted by Gasteiger charge is -2.12. The molecule has 0 spiro atoms. The molecule has 0 heterocycles. The summed E-state index contributed by atoms with van der Waals surface area (Å²) in [5, 5.41) is 1.83. The van der Waals surface area contributed by atoms with Crippen molar-refractivity contribution in [3.63, 3.8) is 0 Å². The van der Waals surface area contributed by atoms with Gasteiger partial charge in [0.1, 0.15) is 17.9 Å². The number of anilines is 1. The van der Waals surface area contributed by atoms with Gasteiger partial charge < -0.3 is 15.2 Å². The number of benzene rings is 3. The van der Waals surface area contributed by atoms with Crippen LogP contribution in [0.1, 0.15) is 15.9 Å². The Morgan fingerprint density at radius 2 is 1.78 bits per heavy atom. The Kier molecular flexibility index (Phi) is 4.15. The Hall–Kier alpha value is -3.01. The van der Waals surface area contributed by atoms with Gasteiger partial charge in [0, 0.05) is 5.69 Å². The summed E-state index contributed by atoms with van der Waals surface area (Å²) >= 11 is 0. The molecule has 0 saturated heterocycles. The molecule has 0 atom stereocenters. The second-order valence-electron chi connectivity index (χ2n) is 5.22. The van der Waals surface area contributed by atoms with Crippen molar-refractivity contribution in [2.24, 2.45) is 0 Å². The lowest BCUT2D eigenvalue weighted by molar-refractivity contribution is 0.0596. The summed E-state index contributed by atoms with van der Waals surface area (Å²) in [7, 11) is 1.35. The van der Waals surface area contributed by atoms with Crippen molar-refractivity contribution in [1.29, 1.82) is 0 Å². The van der Waals surface area contributed by atoms with Crippen molar-refractivity contribution in [3.8, 4) is 5.75 Å². The van der Waals surface area contributed by atoms with Crippen molar-refractivity contribution >= 4 is 22.4 Å². The van der Waals surface area contributed by atoms with Crippen molar-refractivity contribution in [3.05, 3.63) is 71.8 Å². The standard InChI is InChI=1S/C19H17NO3/c1-22-19(21)17-10-15-9-16(20)8-7-14(15)11-18(17)23-12-13-5-3-2-4-6-13/h2-11H,12,20H2,1H3. The number of esters is 1. The predicted octanol–water partition coefficient (Wildman–Crippen LogP) is 3.79. The fraction of sp³-hybridized carbons (Fsp3) is 0.105. The molecule has 0 aliphatic carbocycles. The van der Waals surface area contributed by atoms with Crippen LogP contribution in [0.25, 0.3) is 10.8 Å². The molecule has 3 aromatic rings. The van der Waals surface area contributed by atoms with Crippen molar-refractivity contribution in [2.75, 3.05) is 12.8 Å². The molecule has 0 fully saturated rings. The van der Waals surface area contributed by atoms with Crippen LogP contribution in [0.2, 0.25) is 0 Å². The Morgan fingerprint density at radius 3 is 2.52 bits per heavy atom. The number of hydrogen-bond donors (Lipinski definition) is 1. The molecule has 0 radical (unpaired) electrons. The maximum atomic E-state index is 12.0. The molecule has 23 heavy (non-hydrogen) atoms. The average molecular weight is 307 g/mol. The number of fused-ring (bicyclic) bond motifs is 1. The quantitative estimate of drug-likeness (QED) is 0.588. The molecule has 4 nitrogen and oxygen atoms in total. The number of carbonyl (C=O) groups is 1. The molecular formula is C19H17NO3. The van der Waals surface area contributed by atoms with E-state index in [1.54, 1.807) is 6.07 Å². The van der Waals surface area contributed by atoms with E-state index in [1.165, 1.54) is 7.11 Å². The highest BCUT2D eigenvalue weighted by Gasteiger charge is 2.15. The number of ether oxygens (including phenoxy) is 2. The van der Waals surface area contributed by atoms with E-state index in [0.29, 0.717) is 23.6 Å². The minimum Gasteiger partial charge on any atom is -0.488 e. The van der Waals surface area contributed by atoms with Gasteiger partial charge in [-0.2, -0.15) is 0 Å². The Morgan fingerprint density at radius 1 is 1.00 bits per heavy atom. The summed E-state index contributed by atoms with van der Waals surface area (Å²) in [4.78, 5) is 12.0. The van der Waals surface area contributed by atoms with Crippen molar-refractivity contribution < 1.29 is 14.3 Å². The smallest absolute Gasteiger partial charge is 0.341 e. The maximum absolute atomic E-state index is 12.0. The van der Waals surface area contributed by atoms with Gasteiger partial charge in [0.25, 0.3) is 0 Å².